The van der Waals surface area contributed by atoms with Gasteiger partial charge in [0.05, 0.1) is 0 Å². The minimum atomic E-state index is 0.778. The molecule has 1 N–H and O–H groups in total. The summed E-state index contributed by atoms with van der Waals surface area (Å²) in [5.41, 5.74) is 3.72. The van der Waals surface area contributed by atoms with Gasteiger partial charge in [0.2, 0.25) is 0 Å². The molecule has 2 aromatic carbocycles. The van der Waals surface area contributed by atoms with E-state index in [1.807, 2.05) is 12.1 Å². The predicted molar refractivity (Wildman–Crippen MR) is 79.4 cm³/mol. The van der Waals surface area contributed by atoms with Crippen LogP contribution in [0.15, 0.2) is 36.4 Å². The lowest BCUT2D eigenvalue weighted by molar-refractivity contribution is 0.796. The molecule has 0 atom stereocenters. The zero-order valence-corrected chi connectivity index (χ0v) is 11.2. The smallest absolute Gasteiger partial charge is 0.0479 e. The highest BCUT2D eigenvalue weighted by molar-refractivity contribution is 6.31. The zero-order valence-electron chi connectivity index (χ0n) is 10.5. The summed E-state index contributed by atoms with van der Waals surface area (Å²) in [6, 6.07) is 12.7. The molecule has 1 heterocycles. The molecule has 1 aromatic heterocycles. The number of aromatic nitrogens is 1. The molecule has 0 amide bonds. The van der Waals surface area contributed by atoms with Gasteiger partial charge in [-0.2, -0.15) is 0 Å². The Labute approximate surface area is 112 Å². The number of aromatic amines is 1. The number of fused-ring (bicyclic) bond motifs is 3. The highest BCUT2D eigenvalue weighted by Gasteiger charge is 2.05. The number of halogens is 1. The molecule has 0 spiro atoms. The van der Waals surface area contributed by atoms with E-state index >= 15 is 0 Å². The van der Waals surface area contributed by atoms with Gasteiger partial charge in [0.15, 0.2) is 0 Å². The SMILES string of the molecule is CCCCc1ccc2[nH]c3cc(Cl)ccc3c2c1. The van der Waals surface area contributed by atoms with Crippen molar-refractivity contribution in [1.82, 2.24) is 4.98 Å². The van der Waals surface area contributed by atoms with Crippen LogP contribution in [0.4, 0.5) is 0 Å². The molecule has 0 radical (unpaired) electrons. The van der Waals surface area contributed by atoms with E-state index < -0.39 is 0 Å². The summed E-state index contributed by atoms with van der Waals surface area (Å²) in [4.78, 5) is 3.42. The van der Waals surface area contributed by atoms with Gasteiger partial charge in [0.25, 0.3) is 0 Å². The lowest BCUT2D eigenvalue weighted by Crippen LogP contribution is -1.83. The number of aryl methyl sites for hydroxylation is 1. The van der Waals surface area contributed by atoms with Gasteiger partial charge in [0.1, 0.15) is 0 Å². The fourth-order valence-electron chi connectivity index (χ4n) is 2.46. The van der Waals surface area contributed by atoms with Crippen LogP contribution >= 0.6 is 11.6 Å². The summed E-state index contributed by atoms with van der Waals surface area (Å²) in [6.07, 6.45) is 3.65. The maximum Gasteiger partial charge on any atom is 0.0479 e. The van der Waals surface area contributed by atoms with Crippen molar-refractivity contribution in [2.45, 2.75) is 26.2 Å². The van der Waals surface area contributed by atoms with Crippen LogP contribution in [0.2, 0.25) is 5.02 Å². The first kappa shape index (κ1) is 11.6. The van der Waals surface area contributed by atoms with Crippen LogP contribution in [0.1, 0.15) is 25.3 Å². The second kappa shape index (κ2) is 4.66. The van der Waals surface area contributed by atoms with E-state index in [0.717, 1.165) is 17.0 Å². The number of benzene rings is 2. The van der Waals surface area contributed by atoms with E-state index in [9.17, 15) is 0 Å². The third kappa shape index (κ3) is 1.99. The summed E-state index contributed by atoms with van der Waals surface area (Å²) in [6.45, 7) is 2.23. The Hall–Kier alpha value is -1.47. The number of hydrogen-bond donors (Lipinski definition) is 1. The van der Waals surface area contributed by atoms with Crippen molar-refractivity contribution in [2.24, 2.45) is 0 Å². The topological polar surface area (TPSA) is 15.8 Å². The highest BCUT2D eigenvalue weighted by Crippen LogP contribution is 2.28. The maximum absolute atomic E-state index is 6.03. The zero-order chi connectivity index (χ0) is 12.5. The molecule has 18 heavy (non-hydrogen) atoms. The normalized spacial score (nSPS) is 11.4. The van der Waals surface area contributed by atoms with E-state index in [-0.39, 0.29) is 0 Å². The fourth-order valence-corrected chi connectivity index (χ4v) is 2.63. The molecule has 0 saturated carbocycles. The number of rotatable bonds is 3. The van der Waals surface area contributed by atoms with Gasteiger partial charge >= 0.3 is 0 Å². The van der Waals surface area contributed by atoms with E-state index in [1.165, 1.54) is 34.7 Å². The Morgan fingerprint density at radius 1 is 1.00 bits per heavy atom. The van der Waals surface area contributed by atoms with Crippen LogP contribution in [0.25, 0.3) is 21.8 Å². The minimum absolute atomic E-state index is 0.778. The Morgan fingerprint density at radius 2 is 1.89 bits per heavy atom. The molecule has 0 bridgehead atoms. The largest absolute Gasteiger partial charge is 0.354 e. The first-order chi connectivity index (χ1) is 8.78. The molecule has 0 fully saturated rings. The van der Waals surface area contributed by atoms with Gasteiger partial charge in [-0.25, -0.2) is 0 Å². The monoisotopic (exact) mass is 257 g/mol. The predicted octanol–water partition coefficient (Wildman–Crippen LogP) is 5.32. The second-order valence-corrected chi connectivity index (χ2v) is 5.23. The first-order valence-electron chi connectivity index (χ1n) is 6.48. The molecule has 2 heteroatoms. The molecule has 3 rings (SSSR count). The Bertz CT molecular complexity index is 697. The summed E-state index contributed by atoms with van der Waals surface area (Å²) >= 11 is 6.03. The van der Waals surface area contributed by atoms with Crippen molar-refractivity contribution in [3.63, 3.8) is 0 Å². The summed E-state index contributed by atoms with van der Waals surface area (Å²) in [5, 5.41) is 3.34. The quantitative estimate of drug-likeness (QED) is 0.654. The fraction of sp³-hybridized carbons (Fsp3) is 0.250. The summed E-state index contributed by atoms with van der Waals surface area (Å²) < 4.78 is 0. The number of unbranched alkanes of at least 4 members (excludes halogenated alkanes) is 1. The Morgan fingerprint density at radius 3 is 2.72 bits per heavy atom. The van der Waals surface area contributed by atoms with Crippen LogP contribution in [-0.4, -0.2) is 4.98 Å². The van der Waals surface area contributed by atoms with Gasteiger partial charge in [-0.1, -0.05) is 37.1 Å². The van der Waals surface area contributed by atoms with Gasteiger partial charge in [0, 0.05) is 26.8 Å². The summed E-state index contributed by atoms with van der Waals surface area (Å²) in [5.74, 6) is 0. The molecule has 0 unspecified atom stereocenters. The third-order valence-corrected chi connectivity index (χ3v) is 3.68. The third-order valence-electron chi connectivity index (χ3n) is 3.44. The van der Waals surface area contributed by atoms with Gasteiger partial charge in [-0.3, -0.25) is 0 Å². The second-order valence-electron chi connectivity index (χ2n) is 4.80. The average molecular weight is 258 g/mol. The average Bonchev–Trinajstić information content (AvgIpc) is 2.72. The van der Waals surface area contributed by atoms with Crippen molar-refractivity contribution in [1.29, 1.82) is 0 Å². The van der Waals surface area contributed by atoms with E-state index in [0.29, 0.717) is 0 Å². The lowest BCUT2D eigenvalue weighted by Gasteiger charge is -2.00. The van der Waals surface area contributed by atoms with E-state index in [4.69, 9.17) is 11.6 Å². The minimum Gasteiger partial charge on any atom is -0.354 e. The molecule has 3 aromatic rings. The van der Waals surface area contributed by atoms with Crippen LogP contribution in [-0.2, 0) is 6.42 Å². The number of nitrogens with one attached hydrogen (secondary N) is 1. The summed E-state index contributed by atoms with van der Waals surface area (Å²) in [7, 11) is 0. The van der Waals surface area contributed by atoms with Crippen molar-refractivity contribution in [3.8, 4) is 0 Å². The van der Waals surface area contributed by atoms with Gasteiger partial charge < -0.3 is 4.98 Å². The number of hydrogen-bond acceptors (Lipinski definition) is 0. The molecule has 0 saturated heterocycles. The van der Waals surface area contributed by atoms with Crippen LogP contribution in [0.5, 0.6) is 0 Å². The molecule has 0 aliphatic rings. The van der Waals surface area contributed by atoms with Gasteiger partial charge in [-0.05, 0) is 42.7 Å². The molecule has 92 valence electrons. The standard InChI is InChI=1S/C16H16ClN/c1-2-3-4-11-5-8-15-14(9-11)13-7-6-12(17)10-16(13)18-15/h5-10,18H,2-4H2,1H3. The maximum atomic E-state index is 6.03. The van der Waals surface area contributed by atoms with Crippen molar-refractivity contribution in [3.05, 3.63) is 47.0 Å². The Kier molecular flexibility index (Phi) is 3.00. The van der Waals surface area contributed by atoms with Crippen molar-refractivity contribution in [2.75, 3.05) is 0 Å². The van der Waals surface area contributed by atoms with E-state index in [2.05, 4.69) is 36.2 Å². The highest BCUT2D eigenvalue weighted by atomic mass is 35.5. The molecule has 1 nitrogen and oxygen atoms in total. The van der Waals surface area contributed by atoms with Crippen LogP contribution in [0.3, 0.4) is 0 Å². The van der Waals surface area contributed by atoms with E-state index in [1.54, 1.807) is 0 Å². The van der Waals surface area contributed by atoms with Crippen LogP contribution < -0.4 is 0 Å². The molecule has 0 aliphatic heterocycles. The molecule has 0 aliphatic carbocycles. The number of H-pyrrole nitrogens is 1. The van der Waals surface area contributed by atoms with Crippen LogP contribution in [0, 0.1) is 0 Å². The Balaban J connectivity index is 2.16. The van der Waals surface area contributed by atoms with Gasteiger partial charge in [-0.15, -0.1) is 0 Å². The van der Waals surface area contributed by atoms with Crippen molar-refractivity contribution >= 4 is 33.4 Å². The first-order valence-corrected chi connectivity index (χ1v) is 6.85. The molecular formula is C16H16ClN. The van der Waals surface area contributed by atoms with Crippen molar-refractivity contribution < 1.29 is 0 Å². The lowest BCUT2D eigenvalue weighted by atomic mass is 10.0. The molecular weight excluding hydrogens is 242 g/mol.